The van der Waals surface area contributed by atoms with E-state index in [0.717, 1.165) is 62.8 Å². The van der Waals surface area contributed by atoms with Gasteiger partial charge in [-0.1, -0.05) is 12.1 Å². The van der Waals surface area contributed by atoms with E-state index in [4.69, 9.17) is 14.2 Å². The van der Waals surface area contributed by atoms with Crippen LogP contribution in [0.4, 0.5) is 0 Å². The van der Waals surface area contributed by atoms with Crippen LogP contribution >= 0.6 is 0 Å². The largest absolute Gasteiger partial charge is 0.493 e. The van der Waals surface area contributed by atoms with Gasteiger partial charge in [-0.15, -0.1) is 0 Å². The van der Waals surface area contributed by atoms with E-state index in [0.29, 0.717) is 25.5 Å². The van der Waals surface area contributed by atoms with Crippen molar-refractivity contribution in [3.63, 3.8) is 0 Å². The molecule has 0 aromatic heterocycles. The average molecular weight is 348 g/mol. The summed E-state index contributed by atoms with van der Waals surface area (Å²) in [5.74, 6) is 2.06. The Labute approximate surface area is 149 Å². The smallest absolute Gasteiger partial charge is 0.220 e. The number of rotatable bonds is 7. The van der Waals surface area contributed by atoms with Crippen molar-refractivity contribution >= 4 is 5.91 Å². The van der Waals surface area contributed by atoms with E-state index in [1.807, 2.05) is 12.1 Å². The first-order chi connectivity index (χ1) is 12.3. The molecule has 1 N–H and O–H groups in total. The van der Waals surface area contributed by atoms with E-state index in [1.165, 1.54) is 0 Å². The molecular weight excluding hydrogens is 320 g/mol. The molecule has 0 spiro atoms. The van der Waals surface area contributed by atoms with Crippen molar-refractivity contribution in [1.29, 1.82) is 0 Å². The number of amides is 1. The van der Waals surface area contributed by atoms with Crippen LogP contribution in [0.1, 0.15) is 18.4 Å². The number of hydrogen-bond donors (Lipinski definition) is 1. The fraction of sp³-hybridized carbons (Fsp3) is 0.632. The number of benzene rings is 1. The first-order valence-corrected chi connectivity index (χ1v) is 9.11. The van der Waals surface area contributed by atoms with Gasteiger partial charge < -0.3 is 19.5 Å². The number of nitrogens with one attached hydrogen (secondary N) is 1. The lowest BCUT2D eigenvalue weighted by Gasteiger charge is -2.27. The van der Waals surface area contributed by atoms with Gasteiger partial charge in [-0.25, -0.2) is 0 Å². The number of ether oxygens (including phenoxy) is 3. The van der Waals surface area contributed by atoms with Crippen LogP contribution in [0.25, 0.3) is 0 Å². The molecule has 0 saturated carbocycles. The topological polar surface area (TPSA) is 60.0 Å². The number of fused-ring (bicyclic) bond motifs is 1. The van der Waals surface area contributed by atoms with Crippen molar-refractivity contribution in [3.8, 4) is 11.5 Å². The number of carbonyl (C=O) groups excluding carboxylic acids is 1. The number of hydrogen-bond acceptors (Lipinski definition) is 5. The zero-order valence-electron chi connectivity index (χ0n) is 15.0. The van der Waals surface area contributed by atoms with Crippen molar-refractivity contribution in [1.82, 2.24) is 10.2 Å². The molecule has 138 valence electrons. The van der Waals surface area contributed by atoms with Crippen molar-refractivity contribution in [2.24, 2.45) is 5.92 Å². The summed E-state index contributed by atoms with van der Waals surface area (Å²) in [5.41, 5.74) is 1.15. The van der Waals surface area contributed by atoms with E-state index in [9.17, 15) is 4.79 Å². The fourth-order valence-corrected chi connectivity index (χ4v) is 3.38. The highest BCUT2D eigenvalue weighted by molar-refractivity contribution is 5.75. The molecule has 1 aromatic rings. The summed E-state index contributed by atoms with van der Waals surface area (Å²) in [6.45, 7) is 5.80. The first kappa shape index (κ1) is 18.0. The van der Waals surface area contributed by atoms with Crippen LogP contribution < -0.4 is 14.8 Å². The summed E-state index contributed by atoms with van der Waals surface area (Å²) < 4.78 is 16.5. The molecule has 25 heavy (non-hydrogen) atoms. The van der Waals surface area contributed by atoms with Crippen molar-refractivity contribution in [3.05, 3.63) is 23.8 Å². The predicted molar refractivity (Wildman–Crippen MR) is 95.2 cm³/mol. The highest BCUT2D eigenvalue weighted by atomic mass is 16.5. The van der Waals surface area contributed by atoms with Crippen molar-refractivity contribution in [2.75, 3.05) is 53.1 Å². The van der Waals surface area contributed by atoms with Gasteiger partial charge in [0.15, 0.2) is 11.5 Å². The van der Waals surface area contributed by atoms with Crippen LogP contribution in [0.3, 0.4) is 0 Å². The zero-order chi connectivity index (χ0) is 17.5. The maximum Gasteiger partial charge on any atom is 0.220 e. The molecule has 1 fully saturated rings. The lowest BCUT2D eigenvalue weighted by Crippen LogP contribution is -2.38. The molecule has 0 aliphatic carbocycles. The maximum absolute atomic E-state index is 12.1. The SMILES string of the molecule is COc1cccc2c1OCC(CNC(=O)CCCN1CCOCC1)C2. The Morgan fingerprint density at radius 1 is 1.36 bits per heavy atom. The van der Waals surface area contributed by atoms with Gasteiger partial charge in [0.1, 0.15) is 0 Å². The molecule has 3 rings (SSSR count). The molecular formula is C19H28N2O4. The summed E-state index contributed by atoms with van der Waals surface area (Å²) >= 11 is 0. The lowest BCUT2D eigenvalue weighted by atomic mass is 9.96. The fourth-order valence-electron chi connectivity index (χ4n) is 3.38. The summed E-state index contributed by atoms with van der Waals surface area (Å²) in [5, 5.41) is 3.06. The third-order valence-electron chi connectivity index (χ3n) is 4.82. The maximum atomic E-state index is 12.1. The van der Waals surface area contributed by atoms with Crippen LogP contribution in [0.2, 0.25) is 0 Å². The zero-order valence-corrected chi connectivity index (χ0v) is 15.0. The van der Waals surface area contributed by atoms with E-state index >= 15 is 0 Å². The number of morpholine rings is 1. The molecule has 1 aromatic carbocycles. The summed E-state index contributed by atoms with van der Waals surface area (Å²) in [4.78, 5) is 14.4. The van der Waals surface area contributed by atoms with Gasteiger partial charge in [-0.3, -0.25) is 9.69 Å². The molecule has 2 aliphatic rings. The summed E-state index contributed by atoms with van der Waals surface area (Å²) in [6.07, 6.45) is 2.38. The second-order valence-corrected chi connectivity index (χ2v) is 6.69. The van der Waals surface area contributed by atoms with Crippen LogP contribution in [0.5, 0.6) is 11.5 Å². The molecule has 2 heterocycles. The minimum Gasteiger partial charge on any atom is -0.493 e. The monoisotopic (exact) mass is 348 g/mol. The van der Waals surface area contributed by atoms with Crippen molar-refractivity contribution in [2.45, 2.75) is 19.3 Å². The Morgan fingerprint density at radius 2 is 2.20 bits per heavy atom. The van der Waals surface area contributed by atoms with Crippen LogP contribution in [-0.4, -0.2) is 63.9 Å². The quantitative estimate of drug-likeness (QED) is 0.809. The van der Waals surface area contributed by atoms with E-state index < -0.39 is 0 Å². The number of para-hydroxylation sites is 1. The third kappa shape index (κ3) is 5.09. The van der Waals surface area contributed by atoms with Crippen LogP contribution in [0, 0.1) is 5.92 Å². The van der Waals surface area contributed by atoms with E-state index in [1.54, 1.807) is 7.11 Å². The average Bonchev–Trinajstić information content (AvgIpc) is 2.66. The van der Waals surface area contributed by atoms with E-state index in [2.05, 4.69) is 16.3 Å². The van der Waals surface area contributed by atoms with Crippen LogP contribution in [0.15, 0.2) is 18.2 Å². The van der Waals surface area contributed by atoms with Gasteiger partial charge in [-0.05, 0) is 31.0 Å². The van der Waals surface area contributed by atoms with Gasteiger partial charge in [0.05, 0.1) is 26.9 Å². The Hall–Kier alpha value is -1.79. The van der Waals surface area contributed by atoms with Gasteiger partial charge in [-0.2, -0.15) is 0 Å². The lowest BCUT2D eigenvalue weighted by molar-refractivity contribution is -0.121. The molecule has 1 saturated heterocycles. The first-order valence-electron chi connectivity index (χ1n) is 9.11. The van der Waals surface area contributed by atoms with Crippen LogP contribution in [-0.2, 0) is 16.0 Å². The van der Waals surface area contributed by atoms with Crippen molar-refractivity contribution < 1.29 is 19.0 Å². The highest BCUT2D eigenvalue weighted by Gasteiger charge is 2.23. The molecule has 1 amide bonds. The molecule has 0 radical (unpaired) electrons. The summed E-state index contributed by atoms with van der Waals surface area (Å²) in [7, 11) is 1.65. The summed E-state index contributed by atoms with van der Waals surface area (Å²) in [6, 6.07) is 5.96. The second kappa shape index (κ2) is 9.06. The standard InChI is InChI=1S/C19H28N2O4/c1-23-17-5-2-4-16-12-15(14-25-19(16)17)13-20-18(22)6-3-7-21-8-10-24-11-9-21/h2,4-5,15H,3,6-14H2,1H3,(H,20,22). The van der Waals surface area contributed by atoms with Gasteiger partial charge in [0.2, 0.25) is 5.91 Å². The molecule has 1 unspecified atom stereocenters. The van der Waals surface area contributed by atoms with Gasteiger partial charge in [0, 0.05) is 32.0 Å². The minimum absolute atomic E-state index is 0.129. The highest BCUT2D eigenvalue weighted by Crippen LogP contribution is 2.35. The Balaban J connectivity index is 1.36. The second-order valence-electron chi connectivity index (χ2n) is 6.69. The molecule has 1 atom stereocenters. The normalized spacial score (nSPS) is 20.4. The Bertz CT molecular complexity index is 573. The van der Waals surface area contributed by atoms with Gasteiger partial charge in [0.25, 0.3) is 0 Å². The Kier molecular flexibility index (Phi) is 6.53. The van der Waals surface area contributed by atoms with Gasteiger partial charge >= 0.3 is 0 Å². The molecule has 2 aliphatic heterocycles. The number of carbonyl (C=O) groups is 1. The third-order valence-corrected chi connectivity index (χ3v) is 4.82. The number of nitrogens with zero attached hydrogens (tertiary/aromatic N) is 1. The molecule has 6 heteroatoms. The van der Waals surface area contributed by atoms with E-state index in [-0.39, 0.29) is 5.91 Å². The number of methoxy groups -OCH3 is 1. The minimum atomic E-state index is 0.129. The molecule has 6 nitrogen and oxygen atoms in total. The predicted octanol–water partition coefficient (Wildman–Crippen LogP) is 1.47. The Morgan fingerprint density at radius 3 is 3.00 bits per heavy atom. The molecule has 0 bridgehead atoms.